The molecule has 4 nitrogen and oxygen atoms in total. The highest BCUT2D eigenvalue weighted by Crippen LogP contribution is 2.41. The SMILES string of the molecule is CC(=O)[C@H]1CCC(I)[C@@H]2CC[C@H]1N2C(=O)OC(C)(C)C. The van der Waals surface area contributed by atoms with Crippen molar-refractivity contribution in [2.75, 3.05) is 0 Å². The van der Waals surface area contributed by atoms with E-state index in [2.05, 4.69) is 22.6 Å². The summed E-state index contributed by atoms with van der Waals surface area (Å²) in [4.78, 5) is 26.3. The number of halogens is 1. The summed E-state index contributed by atoms with van der Waals surface area (Å²) in [6.07, 6.45) is 3.56. The number of hydrogen-bond donors (Lipinski definition) is 0. The monoisotopic (exact) mass is 393 g/mol. The van der Waals surface area contributed by atoms with Crippen LogP contribution in [-0.2, 0) is 9.53 Å². The van der Waals surface area contributed by atoms with E-state index in [4.69, 9.17) is 4.74 Å². The lowest BCUT2D eigenvalue weighted by Gasteiger charge is -2.34. The largest absolute Gasteiger partial charge is 0.444 e. The molecule has 2 saturated heterocycles. The van der Waals surface area contributed by atoms with Crippen LogP contribution in [0.2, 0.25) is 0 Å². The van der Waals surface area contributed by atoms with Crippen molar-refractivity contribution in [1.29, 1.82) is 0 Å². The Balaban J connectivity index is 2.25. The van der Waals surface area contributed by atoms with Gasteiger partial charge in [0.2, 0.25) is 0 Å². The molecule has 20 heavy (non-hydrogen) atoms. The van der Waals surface area contributed by atoms with Gasteiger partial charge in [-0.05, 0) is 53.4 Å². The minimum Gasteiger partial charge on any atom is -0.444 e. The first kappa shape index (κ1) is 16.0. The van der Waals surface area contributed by atoms with E-state index in [1.807, 2.05) is 25.7 Å². The molecule has 0 N–H and O–H groups in total. The number of carbonyl (C=O) groups is 2. The predicted molar refractivity (Wildman–Crippen MR) is 86.1 cm³/mol. The van der Waals surface area contributed by atoms with Gasteiger partial charge in [-0.2, -0.15) is 0 Å². The Morgan fingerprint density at radius 1 is 1.10 bits per heavy atom. The number of Topliss-reactive ketones (excluding diaryl/α,β-unsaturated/α-hetero) is 1. The van der Waals surface area contributed by atoms with E-state index in [-0.39, 0.29) is 29.9 Å². The van der Waals surface area contributed by atoms with Crippen molar-refractivity contribution in [2.45, 2.75) is 75.0 Å². The maximum Gasteiger partial charge on any atom is 0.410 e. The molecule has 2 fully saturated rings. The highest BCUT2D eigenvalue weighted by Gasteiger charge is 2.48. The van der Waals surface area contributed by atoms with E-state index in [0.717, 1.165) is 25.7 Å². The summed E-state index contributed by atoms with van der Waals surface area (Å²) in [5.74, 6) is 0.182. The minimum absolute atomic E-state index is 0.0210. The summed E-state index contributed by atoms with van der Waals surface area (Å²) in [7, 11) is 0. The summed E-state index contributed by atoms with van der Waals surface area (Å²) < 4.78 is 5.97. The summed E-state index contributed by atoms with van der Waals surface area (Å²) in [5.41, 5.74) is -0.491. The molecule has 0 aromatic heterocycles. The van der Waals surface area contributed by atoms with Gasteiger partial charge in [-0.1, -0.05) is 22.6 Å². The molecule has 0 aromatic rings. The van der Waals surface area contributed by atoms with Crippen LogP contribution in [0.25, 0.3) is 0 Å². The first-order valence-corrected chi connectivity index (χ1v) is 8.61. The van der Waals surface area contributed by atoms with Crippen molar-refractivity contribution in [2.24, 2.45) is 5.92 Å². The average Bonchev–Trinajstić information content (AvgIpc) is 2.63. The van der Waals surface area contributed by atoms with Crippen LogP contribution in [0.3, 0.4) is 0 Å². The van der Waals surface area contributed by atoms with Gasteiger partial charge in [0.05, 0.1) is 0 Å². The smallest absolute Gasteiger partial charge is 0.410 e. The van der Waals surface area contributed by atoms with Crippen molar-refractivity contribution in [3.63, 3.8) is 0 Å². The molecule has 2 bridgehead atoms. The molecule has 114 valence electrons. The molecule has 1 amide bonds. The summed E-state index contributed by atoms with van der Waals surface area (Å²) in [6.45, 7) is 7.30. The number of rotatable bonds is 1. The van der Waals surface area contributed by atoms with Crippen molar-refractivity contribution >= 4 is 34.5 Å². The molecule has 2 aliphatic rings. The Morgan fingerprint density at radius 3 is 2.25 bits per heavy atom. The van der Waals surface area contributed by atoms with Crippen LogP contribution in [0.5, 0.6) is 0 Å². The maximum absolute atomic E-state index is 12.5. The van der Waals surface area contributed by atoms with Gasteiger partial charge in [-0.15, -0.1) is 0 Å². The Labute approximate surface area is 134 Å². The topological polar surface area (TPSA) is 46.6 Å². The van der Waals surface area contributed by atoms with Crippen molar-refractivity contribution in [1.82, 2.24) is 4.90 Å². The van der Waals surface area contributed by atoms with Gasteiger partial charge in [-0.25, -0.2) is 4.79 Å². The molecule has 0 spiro atoms. The van der Waals surface area contributed by atoms with Crippen LogP contribution in [0.4, 0.5) is 4.79 Å². The number of ether oxygens (including phenoxy) is 1. The third-order valence-corrected chi connectivity index (χ3v) is 5.69. The van der Waals surface area contributed by atoms with Crippen LogP contribution in [0.1, 0.15) is 53.4 Å². The second-order valence-electron chi connectivity index (χ2n) is 6.91. The van der Waals surface area contributed by atoms with E-state index < -0.39 is 5.60 Å². The molecule has 4 atom stereocenters. The number of fused-ring (bicyclic) bond motifs is 2. The van der Waals surface area contributed by atoms with Crippen LogP contribution >= 0.6 is 22.6 Å². The molecule has 0 aromatic carbocycles. The van der Waals surface area contributed by atoms with E-state index in [1.54, 1.807) is 6.92 Å². The number of carbonyl (C=O) groups excluding carboxylic acids is 2. The maximum atomic E-state index is 12.5. The third-order valence-electron chi connectivity index (χ3n) is 4.23. The zero-order valence-corrected chi connectivity index (χ0v) is 14.8. The van der Waals surface area contributed by atoms with Crippen LogP contribution in [-0.4, -0.2) is 38.4 Å². The van der Waals surface area contributed by atoms with Gasteiger partial charge in [0.15, 0.2) is 0 Å². The molecule has 5 heteroatoms. The Bertz CT molecular complexity index is 404. The number of alkyl halides is 1. The molecule has 2 heterocycles. The fraction of sp³-hybridized carbons (Fsp3) is 0.867. The standard InChI is InChI=1S/C15H24INO3/c1-9(18)10-5-6-11(16)13-8-7-12(10)17(13)14(19)20-15(2,3)4/h10-13H,5-8H2,1-4H3/t10-,11?,12-,13+/m1/s1. The van der Waals surface area contributed by atoms with Crippen LogP contribution in [0, 0.1) is 5.92 Å². The van der Waals surface area contributed by atoms with Crippen molar-refractivity contribution in [3.05, 3.63) is 0 Å². The summed E-state index contributed by atoms with van der Waals surface area (Å²) in [6, 6.07) is 0.256. The van der Waals surface area contributed by atoms with E-state index in [0.29, 0.717) is 3.92 Å². The third kappa shape index (κ3) is 3.28. The van der Waals surface area contributed by atoms with Crippen LogP contribution < -0.4 is 0 Å². The van der Waals surface area contributed by atoms with Gasteiger partial charge >= 0.3 is 6.09 Å². The van der Waals surface area contributed by atoms with Gasteiger partial charge in [-0.3, -0.25) is 4.79 Å². The van der Waals surface area contributed by atoms with Gasteiger partial charge in [0.1, 0.15) is 11.4 Å². The van der Waals surface area contributed by atoms with Crippen molar-refractivity contribution < 1.29 is 14.3 Å². The quantitative estimate of drug-likeness (QED) is 0.506. The lowest BCUT2D eigenvalue weighted by Crippen LogP contribution is -2.48. The lowest BCUT2D eigenvalue weighted by atomic mass is 9.88. The van der Waals surface area contributed by atoms with E-state index in [1.165, 1.54) is 0 Å². The number of amides is 1. The molecule has 2 rings (SSSR count). The zero-order valence-electron chi connectivity index (χ0n) is 12.7. The average molecular weight is 393 g/mol. The first-order valence-electron chi connectivity index (χ1n) is 7.36. The predicted octanol–water partition coefficient (Wildman–Crippen LogP) is 3.56. The minimum atomic E-state index is -0.491. The highest BCUT2D eigenvalue weighted by atomic mass is 127. The second-order valence-corrected chi connectivity index (χ2v) is 8.51. The molecular formula is C15H24INO3. The van der Waals surface area contributed by atoms with Gasteiger partial charge in [0, 0.05) is 21.9 Å². The first-order chi connectivity index (χ1) is 9.20. The summed E-state index contributed by atoms with van der Waals surface area (Å²) in [5, 5.41) is 0. The fourth-order valence-corrected chi connectivity index (χ4v) is 4.46. The van der Waals surface area contributed by atoms with E-state index in [9.17, 15) is 9.59 Å². The van der Waals surface area contributed by atoms with Crippen molar-refractivity contribution in [3.8, 4) is 0 Å². The normalized spacial score (nSPS) is 33.8. The Hall–Kier alpha value is -0.330. The number of hydrogen-bond acceptors (Lipinski definition) is 3. The number of ketones is 1. The van der Waals surface area contributed by atoms with Gasteiger partial charge in [0.25, 0.3) is 0 Å². The molecule has 0 saturated carbocycles. The molecule has 1 unspecified atom stereocenters. The number of nitrogens with zero attached hydrogens (tertiary/aromatic N) is 1. The Kier molecular flexibility index (Phi) is 4.66. The highest BCUT2D eigenvalue weighted by molar-refractivity contribution is 14.1. The zero-order chi connectivity index (χ0) is 15.1. The molecule has 0 radical (unpaired) electrons. The second kappa shape index (κ2) is 5.81. The lowest BCUT2D eigenvalue weighted by molar-refractivity contribution is -0.122. The fourth-order valence-electron chi connectivity index (χ4n) is 3.40. The van der Waals surface area contributed by atoms with Gasteiger partial charge < -0.3 is 9.64 Å². The van der Waals surface area contributed by atoms with E-state index >= 15 is 0 Å². The van der Waals surface area contributed by atoms with Crippen LogP contribution in [0.15, 0.2) is 0 Å². The summed E-state index contributed by atoms with van der Waals surface area (Å²) >= 11 is 2.43. The Morgan fingerprint density at radius 2 is 1.70 bits per heavy atom. The molecule has 2 aliphatic heterocycles. The molecule has 0 aliphatic carbocycles. The molecular weight excluding hydrogens is 369 g/mol.